The molecule has 1 aromatic carbocycles. The number of urea groups is 1. The Morgan fingerprint density at radius 3 is 2.83 bits per heavy atom. The molecule has 1 heterocycles. The van der Waals surface area contributed by atoms with Crippen LogP contribution in [0.4, 0.5) is 10.5 Å². The van der Waals surface area contributed by atoms with Crippen LogP contribution in [-0.2, 0) is 0 Å². The fraction of sp³-hybridized carbons (Fsp3) is 0.462. The molecule has 0 aromatic heterocycles. The average molecular weight is 312 g/mol. The molecule has 1 atom stereocenters. The van der Waals surface area contributed by atoms with Crippen molar-refractivity contribution in [3.05, 3.63) is 28.7 Å². The van der Waals surface area contributed by atoms with Gasteiger partial charge in [0.25, 0.3) is 0 Å². The van der Waals surface area contributed by atoms with Crippen molar-refractivity contribution < 1.29 is 4.79 Å². The molecule has 5 heteroatoms. The Labute approximate surface area is 116 Å². The van der Waals surface area contributed by atoms with Crippen LogP contribution in [0.15, 0.2) is 28.7 Å². The van der Waals surface area contributed by atoms with Gasteiger partial charge in [0.15, 0.2) is 0 Å². The zero-order valence-electron chi connectivity index (χ0n) is 10.2. The molecular weight excluding hydrogens is 294 g/mol. The predicted molar refractivity (Wildman–Crippen MR) is 76.8 cm³/mol. The molecule has 1 aliphatic heterocycles. The van der Waals surface area contributed by atoms with E-state index >= 15 is 0 Å². The number of benzene rings is 1. The Morgan fingerprint density at radius 2 is 2.17 bits per heavy atom. The number of carbonyl (C=O) groups is 1. The Balaban J connectivity index is 1.73. The van der Waals surface area contributed by atoms with Crippen molar-refractivity contribution in [3.63, 3.8) is 0 Å². The number of hydrogen-bond donors (Lipinski definition) is 3. The summed E-state index contributed by atoms with van der Waals surface area (Å²) in [6.07, 6.45) is 2.38. The van der Waals surface area contributed by atoms with Crippen molar-refractivity contribution >= 4 is 27.6 Å². The maximum atomic E-state index is 11.7. The molecule has 3 N–H and O–H groups in total. The maximum absolute atomic E-state index is 11.7. The van der Waals surface area contributed by atoms with Crippen LogP contribution in [0.1, 0.15) is 12.8 Å². The van der Waals surface area contributed by atoms with Crippen molar-refractivity contribution in [2.75, 3.05) is 25.0 Å². The van der Waals surface area contributed by atoms with Crippen LogP contribution in [0.5, 0.6) is 0 Å². The van der Waals surface area contributed by atoms with E-state index in [0.717, 1.165) is 29.8 Å². The van der Waals surface area contributed by atoms with E-state index in [1.165, 1.54) is 12.8 Å². The monoisotopic (exact) mass is 311 g/mol. The molecule has 1 unspecified atom stereocenters. The van der Waals surface area contributed by atoms with Crippen molar-refractivity contribution in [2.24, 2.45) is 5.92 Å². The summed E-state index contributed by atoms with van der Waals surface area (Å²) in [5, 5.41) is 9.07. The van der Waals surface area contributed by atoms with Crippen molar-refractivity contribution in [1.29, 1.82) is 0 Å². The van der Waals surface area contributed by atoms with E-state index in [2.05, 4.69) is 31.9 Å². The molecule has 1 aromatic rings. The molecule has 1 saturated heterocycles. The van der Waals surface area contributed by atoms with E-state index < -0.39 is 0 Å². The second-order valence-electron chi connectivity index (χ2n) is 4.55. The van der Waals surface area contributed by atoms with Gasteiger partial charge in [-0.1, -0.05) is 15.9 Å². The minimum Gasteiger partial charge on any atom is -0.338 e. The van der Waals surface area contributed by atoms with Crippen LogP contribution in [0.25, 0.3) is 0 Å². The van der Waals surface area contributed by atoms with E-state index in [1.807, 2.05) is 24.3 Å². The number of halogens is 1. The third-order valence-electron chi connectivity index (χ3n) is 3.05. The molecule has 1 aliphatic rings. The Morgan fingerprint density at radius 1 is 1.39 bits per heavy atom. The van der Waals surface area contributed by atoms with Gasteiger partial charge >= 0.3 is 6.03 Å². The summed E-state index contributed by atoms with van der Waals surface area (Å²) in [5.74, 6) is 0.550. The summed E-state index contributed by atoms with van der Waals surface area (Å²) in [6.45, 7) is 2.83. The van der Waals surface area contributed by atoms with E-state index in [1.54, 1.807) is 0 Å². The number of hydrogen-bond acceptors (Lipinski definition) is 2. The zero-order chi connectivity index (χ0) is 12.8. The van der Waals surface area contributed by atoms with Crippen LogP contribution in [0, 0.1) is 5.92 Å². The van der Waals surface area contributed by atoms with Crippen LogP contribution in [-0.4, -0.2) is 25.7 Å². The van der Waals surface area contributed by atoms with E-state index in [0.29, 0.717) is 5.92 Å². The number of amides is 2. The first kappa shape index (κ1) is 13.4. The van der Waals surface area contributed by atoms with Crippen molar-refractivity contribution in [2.45, 2.75) is 12.8 Å². The van der Waals surface area contributed by atoms with Gasteiger partial charge in [0, 0.05) is 16.7 Å². The number of piperidine rings is 1. The molecule has 4 nitrogen and oxygen atoms in total. The topological polar surface area (TPSA) is 53.2 Å². The third-order valence-corrected chi connectivity index (χ3v) is 3.58. The first-order valence-corrected chi connectivity index (χ1v) is 7.04. The Kier molecular flexibility index (Phi) is 5.01. The van der Waals surface area contributed by atoms with Crippen LogP contribution < -0.4 is 16.0 Å². The van der Waals surface area contributed by atoms with Gasteiger partial charge in [-0.2, -0.15) is 0 Å². The summed E-state index contributed by atoms with van der Waals surface area (Å²) in [5.41, 5.74) is 0.803. The SMILES string of the molecule is O=C(NCC1CCCNC1)Nc1ccc(Br)cc1. The third kappa shape index (κ3) is 4.31. The minimum atomic E-state index is -0.136. The van der Waals surface area contributed by atoms with Gasteiger partial charge < -0.3 is 16.0 Å². The van der Waals surface area contributed by atoms with Gasteiger partial charge in [0.1, 0.15) is 0 Å². The highest BCUT2D eigenvalue weighted by atomic mass is 79.9. The second-order valence-corrected chi connectivity index (χ2v) is 5.47. The maximum Gasteiger partial charge on any atom is 0.319 e. The van der Waals surface area contributed by atoms with Gasteiger partial charge in [-0.05, 0) is 56.1 Å². The molecule has 0 aliphatic carbocycles. The lowest BCUT2D eigenvalue weighted by Crippen LogP contribution is -2.39. The van der Waals surface area contributed by atoms with E-state index in [4.69, 9.17) is 0 Å². The largest absolute Gasteiger partial charge is 0.338 e. The molecule has 0 saturated carbocycles. The number of carbonyl (C=O) groups excluding carboxylic acids is 1. The summed E-state index contributed by atoms with van der Waals surface area (Å²) in [6, 6.07) is 7.40. The normalized spacial score (nSPS) is 19.3. The van der Waals surface area contributed by atoms with Gasteiger partial charge in [0.05, 0.1) is 0 Å². The first-order valence-electron chi connectivity index (χ1n) is 6.25. The highest BCUT2D eigenvalue weighted by Crippen LogP contribution is 2.14. The summed E-state index contributed by atoms with van der Waals surface area (Å²) in [4.78, 5) is 11.7. The van der Waals surface area contributed by atoms with Gasteiger partial charge in [-0.3, -0.25) is 0 Å². The molecule has 2 amide bonds. The lowest BCUT2D eigenvalue weighted by Gasteiger charge is -2.22. The van der Waals surface area contributed by atoms with Crippen LogP contribution >= 0.6 is 15.9 Å². The molecule has 0 bridgehead atoms. The average Bonchev–Trinajstić information content (AvgIpc) is 2.40. The second kappa shape index (κ2) is 6.75. The molecular formula is C13H18BrN3O. The highest BCUT2D eigenvalue weighted by molar-refractivity contribution is 9.10. The molecule has 1 fully saturated rings. The number of anilines is 1. The van der Waals surface area contributed by atoms with E-state index in [-0.39, 0.29) is 6.03 Å². The fourth-order valence-electron chi connectivity index (χ4n) is 2.04. The first-order chi connectivity index (χ1) is 8.74. The van der Waals surface area contributed by atoms with Crippen molar-refractivity contribution in [1.82, 2.24) is 10.6 Å². The van der Waals surface area contributed by atoms with Gasteiger partial charge in [-0.15, -0.1) is 0 Å². The quantitative estimate of drug-likeness (QED) is 0.803. The number of nitrogens with one attached hydrogen (secondary N) is 3. The lowest BCUT2D eigenvalue weighted by molar-refractivity contribution is 0.248. The van der Waals surface area contributed by atoms with Crippen LogP contribution in [0.2, 0.25) is 0 Å². The Hall–Kier alpha value is -1.07. The Bertz CT molecular complexity index is 388. The number of rotatable bonds is 3. The summed E-state index contributed by atoms with van der Waals surface area (Å²) < 4.78 is 1.00. The highest BCUT2D eigenvalue weighted by Gasteiger charge is 2.13. The minimum absolute atomic E-state index is 0.136. The summed E-state index contributed by atoms with van der Waals surface area (Å²) >= 11 is 3.36. The van der Waals surface area contributed by atoms with Crippen LogP contribution in [0.3, 0.4) is 0 Å². The molecule has 0 spiro atoms. The zero-order valence-corrected chi connectivity index (χ0v) is 11.8. The van der Waals surface area contributed by atoms with E-state index in [9.17, 15) is 4.79 Å². The lowest BCUT2D eigenvalue weighted by atomic mass is 10.00. The molecule has 18 heavy (non-hydrogen) atoms. The fourth-order valence-corrected chi connectivity index (χ4v) is 2.31. The van der Waals surface area contributed by atoms with Gasteiger partial charge in [0.2, 0.25) is 0 Å². The predicted octanol–water partition coefficient (Wildman–Crippen LogP) is 2.57. The summed E-state index contributed by atoms with van der Waals surface area (Å²) in [7, 11) is 0. The van der Waals surface area contributed by atoms with Crippen molar-refractivity contribution in [3.8, 4) is 0 Å². The molecule has 98 valence electrons. The smallest absolute Gasteiger partial charge is 0.319 e. The molecule has 0 radical (unpaired) electrons. The van der Waals surface area contributed by atoms with Gasteiger partial charge in [-0.25, -0.2) is 4.79 Å². The molecule has 2 rings (SSSR count). The standard InChI is InChI=1S/C13H18BrN3O/c14-11-3-5-12(6-4-11)17-13(18)16-9-10-2-1-7-15-8-10/h3-6,10,15H,1-2,7-9H2,(H2,16,17,18).